The molecule has 0 atom stereocenters. The molecule has 152 valence electrons. The second kappa shape index (κ2) is 10.1. The molecule has 0 saturated carbocycles. The average molecular weight is 426 g/mol. The van der Waals surface area contributed by atoms with Gasteiger partial charge in [-0.25, -0.2) is 4.39 Å². The lowest BCUT2D eigenvalue weighted by atomic mass is 9.99. The topological polar surface area (TPSA) is 44.4 Å². The Morgan fingerprint density at radius 1 is 1.00 bits per heavy atom. The minimum Gasteiger partial charge on any atom is -0.372 e. The van der Waals surface area contributed by atoms with Crippen LogP contribution in [0.2, 0.25) is 0 Å². The second-order valence-corrected chi connectivity index (χ2v) is 7.04. The first kappa shape index (κ1) is 22.5. The molecule has 0 bridgehead atoms. The van der Waals surface area contributed by atoms with Crippen LogP contribution in [0.4, 0.5) is 15.8 Å². The number of hydrogen-bond donors (Lipinski definition) is 2. The van der Waals surface area contributed by atoms with Crippen LogP contribution in [0.1, 0.15) is 40.7 Å². The fourth-order valence-corrected chi connectivity index (χ4v) is 3.80. The van der Waals surface area contributed by atoms with Crippen LogP contribution in [0.5, 0.6) is 0 Å². The largest absolute Gasteiger partial charge is 0.372 e. The summed E-state index contributed by atoms with van der Waals surface area (Å²) in [5.74, 6) is -0.578. The zero-order valence-corrected chi connectivity index (χ0v) is 17.3. The molecule has 1 saturated heterocycles. The maximum Gasteiger partial charge on any atom is 0.255 e. The highest BCUT2D eigenvalue weighted by Gasteiger charge is 2.18. The lowest BCUT2D eigenvalue weighted by Gasteiger charge is -2.28. The molecule has 2 aromatic rings. The quantitative estimate of drug-likeness (QED) is 0.757. The monoisotopic (exact) mass is 425 g/mol. The van der Waals surface area contributed by atoms with Gasteiger partial charge in [-0.1, -0.05) is 6.07 Å². The zero-order chi connectivity index (χ0) is 17.9. The molecule has 0 aliphatic carbocycles. The summed E-state index contributed by atoms with van der Waals surface area (Å²) < 4.78 is 14.7. The minimum absolute atomic E-state index is 0. The van der Waals surface area contributed by atoms with Crippen LogP contribution in [0.3, 0.4) is 0 Å². The maximum absolute atomic E-state index is 14.7. The van der Waals surface area contributed by atoms with Crippen LogP contribution >= 0.6 is 24.8 Å². The summed E-state index contributed by atoms with van der Waals surface area (Å²) in [4.78, 5) is 14.9. The fraction of sp³-hybridized carbons (Fsp3) is 0.381. The lowest BCUT2D eigenvalue weighted by molar-refractivity contribution is 0.102. The number of carbonyl (C=O) groups is 1. The van der Waals surface area contributed by atoms with Gasteiger partial charge in [-0.15, -0.1) is 24.8 Å². The van der Waals surface area contributed by atoms with E-state index in [1.165, 1.54) is 19.3 Å². The van der Waals surface area contributed by atoms with Gasteiger partial charge in [0.2, 0.25) is 0 Å². The van der Waals surface area contributed by atoms with Crippen molar-refractivity contribution in [1.29, 1.82) is 0 Å². The van der Waals surface area contributed by atoms with E-state index < -0.39 is 0 Å². The summed E-state index contributed by atoms with van der Waals surface area (Å²) in [7, 11) is 0. The molecule has 0 aromatic heterocycles. The third-order valence-electron chi connectivity index (χ3n) is 5.31. The molecule has 1 fully saturated rings. The van der Waals surface area contributed by atoms with Crippen LogP contribution < -0.4 is 15.5 Å². The highest BCUT2D eigenvalue weighted by molar-refractivity contribution is 6.04. The number of nitrogens with one attached hydrogen (secondary N) is 2. The smallest absolute Gasteiger partial charge is 0.255 e. The van der Waals surface area contributed by atoms with Crippen molar-refractivity contribution in [3.05, 3.63) is 58.9 Å². The van der Waals surface area contributed by atoms with Crippen LogP contribution in [0.15, 0.2) is 36.4 Å². The number of nitrogens with zero attached hydrogens (tertiary/aromatic N) is 1. The number of fused-ring (bicyclic) bond motifs is 1. The Hall–Kier alpha value is -1.82. The number of carbonyl (C=O) groups excluding carboxylic acids is 1. The Morgan fingerprint density at radius 3 is 2.43 bits per heavy atom. The number of anilines is 2. The molecule has 2 aliphatic heterocycles. The molecular weight excluding hydrogens is 400 g/mol. The molecule has 2 aliphatic rings. The van der Waals surface area contributed by atoms with Crippen LogP contribution in [0, 0.1) is 5.82 Å². The molecule has 2 N–H and O–H groups in total. The van der Waals surface area contributed by atoms with Crippen molar-refractivity contribution in [1.82, 2.24) is 5.32 Å². The average Bonchev–Trinajstić information content (AvgIpc) is 2.71. The van der Waals surface area contributed by atoms with E-state index in [-0.39, 0.29) is 42.2 Å². The predicted octanol–water partition coefficient (Wildman–Crippen LogP) is 4.56. The predicted molar refractivity (Wildman–Crippen MR) is 117 cm³/mol. The van der Waals surface area contributed by atoms with E-state index in [0.717, 1.165) is 30.9 Å². The summed E-state index contributed by atoms with van der Waals surface area (Å²) in [5, 5.41) is 5.96. The van der Waals surface area contributed by atoms with Gasteiger partial charge < -0.3 is 15.5 Å². The highest BCUT2D eigenvalue weighted by Crippen LogP contribution is 2.25. The summed E-state index contributed by atoms with van der Waals surface area (Å²) in [5.41, 5.74) is 3.63. The number of rotatable bonds is 3. The van der Waals surface area contributed by atoms with Gasteiger partial charge in [-0.2, -0.15) is 0 Å². The van der Waals surface area contributed by atoms with Gasteiger partial charge in [0.05, 0.1) is 5.69 Å². The van der Waals surface area contributed by atoms with Crippen molar-refractivity contribution < 1.29 is 9.18 Å². The van der Waals surface area contributed by atoms with Gasteiger partial charge in [0.15, 0.2) is 0 Å². The summed E-state index contributed by atoms with van der Waals surface area (Å²) in [6, 6.07) is 11.1. The van der Waals surface area contributed by atoms with E-state index in [9.17, 15) is 9.18 Å². The molecule has 4 rings (SSSR count). The Balaban J connectivity index is 0.00000140. The van der Waals surface area contributed by atoms with Crippen LogP contribution in [-0.2, 0) is 13.0 Å². The number of piperidine rings is 1. The molecule has 2 aromatic carbocycles. The van der Waals surface area contributed by atoms with Gasteiger partial charge in [-0.3, -0.25) is 4.79 Å². The number of benzene rings is 2. The van der Waals surface area contributed by atoms with Crippen molar-refractivity contribution in [3.63, 3.8) is 0 Å². The van der Waals surface area contributed by atoms with Crippen molar-refractivity contribution in [2.45, 2.75) is 32.2 Å². The Bertz CT molecular complexity index is 808. The number of hydrogen-bond acceptors (Lipinski definition) is 3. The lowest BCUT2D eigenvalue weighted by Crippen LogP contribution is -2.29. The van der Waals surface area contributed by atoms with Crippen LogP contribution in [-0.4, -0.2) is 25.5 Å². The molecule has 28 heavy (non-hydrogen) atoms. The summed E-state index contributed by atoms with van der Waals surface area (Å²) in [6.45, 7) is 3.58. The number of amides is 1. The standard InChI is InChI=1S/C21H24FN3O.2ClH/c22-20-18-10-11-23-14-16(18)6-9-19(20)24-21(26)15-4-7-17(8-5-15)25-12-2-1-3-13-25;;/h4-9,23H,1-3,10-14H2,(H,24,26);2*1H. The molecule has 1 amide bonds. The summed E-state index contributed by atoms with van der Waals surface area (Å²) in [6.07, 6.45) is 4.37. The SMILES string of the molecule is Cl.Cl.O=C(Nc1ccc2c(c1F)CCNC2)c1ccc(N2CCCCC2)cc1. The van der Waals surface area contributed by atoms with E-state index in [0.29, 0.717) is 24.1 Å². The minimum atomic E-state index is -0.303. The normalized spacial score (nSPS) is 15.7. The van der Waals surface area contributed by atoms with E-state index in [1.54, 1.807) is 6.07 Å². The van der Waals surface area contributed by atoms with Gasteiger partial charge >= 0.3 is 0 Å². The zero-order valence-electron chi connectivity index (χ0n) is 15.7. The van der Waals surface area contributed by atoms with E-state index in [1.807, 2.05) is 30.3 Å². The van der Waals surface area contributed by atoms with Crippen molar-refractivity contribution in [3.8, 4) is 0 Å². The molecule has 7 heteroatoms. The molecule has 0 unspecified atom stereocenters. The fourth-order valence-electron chi connectivity index (χ4n) is 3.80. The van der Waals surface area contributed by atoms with Gasteiger partial charge in [0.1, 0.15) is 5.82 Å². The van der Waals surface area contributed by atoms with E-state index >= 15 is 0 Å². The molecular formula is C21H26Cl2FN3O. The Kier molecular flexibility index (Phi) is 8.10. The van der Waals surface area contributed by atoms with Gasteiger partial charge in [-0.05, 0) is 73.7 Å². The van der Waals surface area contributed by atoms with Crippen molar-refractivity contribution in [2.75, 3.05) is 29.9 Å². The van der Waals surface area contributed by atoms with Gasteiger partial charge in [0.25, 0.3) is 5.91 Å². The van der Waals surface area contributed by atoms with Crippen LogP contribution in [0.25, 0.3) is 0 Å². The molecule has 4 nitrogen and oxygen atoms in total. The third-order valence-corrected chi connectivity index (χ3v) is 5.31. The first-order valence-electron chi connectivity index (χ1n) is 9.40. The van der Waals surface area contributed by atoms with E-state index in [2.05, 4.69) is 15.5 Å². The first-order chi connectivity index (χ1) is 12.7. The number of halogens is 3. The second-order valence-electron chi connectivity index (χ2n) is 7.04. The van der Waals surface area contributed by atoms with E-state index in [4.69, 9.17) is 0 Å². The molecule has 2 heterocycles. The molecule has 0 radical (unpaired) electrons. The Morgan fingerprint density at radius 2 is 1.71 bits per heavy atom. The summed E-state index contributed by atoms with van der Waals surface area (Å²) >= 11 is 0. The third kappa shape index (κ3) is 4.77. The van der Waals surface area contributed by atoms with Crippen molar-refractivity contribution in [2.24, 2.45) is 0 Å². The first-order valence-corrected chi connectivity index (χ1v) is 9.40. The highest BCUT2D eigenvalue weighted by atomic mass is 35.5. The molecule has 0 spiro atoms. The van der Waals surface area contributed by atoms with Gasteiger partial charge in [0, 0.05) is 30.9 Å². The Labute approximate surface area is 177 Å². The van der Waals surface area contributed by atoms with Crippen molar-refractivity contribution >= 4 is 42.1 Å². The maximum atomic E-state index is 14.7.